The Balaban J connectivity index is 0. The molecule has 0 amide bonds. The molecule has 0 spiro atoms. The van der Waals surface area contributed by atoms with E-state index >= 15 is 0 Å². The standard InChI is InChI=1S/C6H10F3.Rf/c1-3-4-5(2)6(7,8)9;/h5H,2-4H2,1H3;/q-1;. The van der Waals surface area contributed by atoms with Gasteiger partial charge in [0.1, 0.15) is 0 Å². The maximum atomic E-state index is 11.6. The van der Waals surface area contributed by atoms with Crippen LogP contribution in [0.25, 0.3) is 0 Å². The van der Waals surface area contributed by atoms with E-state index in [1.54, 1.807) is 6.92 Å². The molecule has 0 saturated heterocycles. The molecule has 0 aromatic carbocycles. The van der Waals surface area contributed by atoms with Crippen molar-refractivity contribution < 1.29 is 13.2 Å². The molecule has 0 bridgehead atoms. The van der Waals surface area contributed by atoms with Crippen LogP contribution >= 0.6 is 0 Å². The zero-order valence-corrected chi connectivity index (χ0v) is 12.4. The predicted molar refractivity (Wildman–Crippen MR) is 29.8 cm³/mol. The molecule has 1 unspecified atom stereocenters. The van der Waals surface area contributed by atoms with Crippen molar-refractivity contribution in [2.24, 2.45) is 5.92 Å². The molecule has 0 radical (unpaired) electrons. The van der Waals surface area contributed by atoms with Crippen LogP contribution in [0.15, 0.2) is 0 Å². The van der Waals surface area contributed by atoms with Crippen LogP contribution in [0.4, 0.5) is 13.2 Å². The molecule has 4 heteroatoms. The molecular formula is C6H10F3Rf-. The first kappa shape index (κ1) is 11.6. The minimum atomic E-state index is -4.10. The van der Waals surface area contributed by atoms with Crippen LogP contribution in [0, 0.1) is 12.8 Å². The summed E-state index contributed by atoms with van der Waals surface area (Å²) in [6, 6.07) is 0. The molecule has 10 heavy (non-hydrogen) atoms. The quantitative estimate of drug-likeness (QED) is 0.619. The molecule has 0 aliphatic rings. The van der Waals surface area contributed by atoms with Gasteiger partial charge in [0.15, 0.2) is 0 Å². The number of halogens is 3. The zero-order chi connectivity index (χ0) is 7.49. The van der Waals surface area contributed by atoms with E-state index in [4.69, 9.17) is 0 Å². The Labute approximate surface area is 53.1 Å². The van der Waals surface area contributed by atoms with Gasteiger partial charge in [-0.1, -0.05) is 25.7 Å². The summed E-state index contributed by atoms with van der Waals surface area (Å²) in [4.78, 5) is 0. The summed E-state index contributed by atoms with van der Waals surface area (Å²) < 4.78 is 34.7. The fraction of sp³-hybridized carbons (Fsp3) is 0.833. The second-order valence-corrected chi connectivity index (χ2v) is 2.03. The Bertz CT molecular complexity index is 79.6. The van der Waals surface area contributed by atoms with E-state index in [9.17, 15) is 13.2 Å². The Morgan fingerprint density at radius 2 is 1.80 bits per heavy atom. The minimum Gasteiger partial charge on any atom is -0.332 e. The van der Waals surface area contributed by atoms with Gasteiger partial charge in [-0.2, -0.15) is 13.2 Å². The fourth-order valence-corrected chi connectivity index (χ4v) is 0.512. The Kier molecular flexibility index (Phi) is 4.34. The van der Waals surface area contributed by atoms with Crippen LogP contribution in [0.3, 0.4) is 0 Å². The molecule has 0 fully saturated rings. The summed E-state index contributed by atoms with van der Waals surface area (Å²) in [7, 11) is 0. The number of hydrogen-bond acceptors (Lipinski definition) is 0. The third-order valence-corrected chi connectivity index (χ3v) is 1.10. The average molecular weight is 406 g/mol. The van der Waals surface area contributed by atoms with E-state index in [1.807, 2.05) is 0 Å². The van der Waals surface area contributed by atoms with Crippen molar-refractivity contribution in [3.05, 3.63) is 6.92 Å². The van der Waals surface area contributed by atoms with E-state index in [0.717, 1.165) is 0 Å². The van der Waals surface area contributed by atoms with Crippen LogP contribution in [-0.2, 0) is 0 Å². The number of alkyl halides is 3. The van der Waals surface area contributed by atoms with Crippen molar-refractivity contribution in [2.45, 2.75) is 25.9 Å². The normalized spacial score (nSPS) is 14.1. The fourth-order valence-electron chi connectivity index (χ4n) is 0.512. The summed E-state index contributed by atoms with van der Waals surface area (Å²) >= 11 is 0. The molecule has 0 saturated carbocycles. The molecule has 0 N–H and O–H groups in total. The van der Waals surface area contributed by atoms with E-state index in [1.165, 1.54) is 0 Å². The smallest absolute Gasteiger partial charge is 0.332 e. The summed E-state index contributed by atoms with van der Waals surface area (Å²) in [6.45, 7) is 4.69. The Morgan fingerprint density at radius 3 is 1.90 bits per heavy atom. The zero-order valence-electron chi connectivity index (χ0n) is 6.04. The van der Waals surface area contributed by atoms with Crippen molar-refractivity contribution in [1.29, 1.82) is 0 Å². The third kappa shape index (κ3) is 3.75. The molecule has 0 nitrogen and oxygen atoms in total. The van der Waals surface area contributed by atoms with Crippen molar-refractivity contribution in [3.63, 3.8) is 0 Å². The molecular weight excluding hydrogens is 396 g/mol. The molecule has 0 aliphatic carbocycles. The summed E-state index contributed by atoms with van der Waals surface area (Å²) in [5, 5.41) is 0. The third-order valence-electron chi connectivity index (χ3n) is 1.10. The summed E-state index contributed by atoms with van der Waals surface area (Å²) in [5.74, 6) is -1.39. The number of rotatable bonds is 2. The second kappa shape index (κ2) is 3.75. The molecule has 0 rings (SSSR count). The molecule has 0 aromatic heterocycles. The van der Waals surface area contributed by atoms with Gasteiger partial charge in [0.2, 0.25) is 0 Å². The maximum Gasteiger partial charge on any atom is 0.365 e. The van der Waals surface area contributed by atoms with Gasteiger partial charge in [0.25, 0.3) is 0 Å². The topological polar surface area (TPSA) is 0 Å². The maximum absolute atomic E-state index is 11.6. The van der Waals surface area contributed by atoms with E-state index < -0.39 is 12.1 Å². The largest absolute Gasteiger partial charge is 0.365 e. The first-order valence-corrected chi connectivity index (χ1v) is 2.88. The Hall–Kier alpha value is -1.21. The first-order chi connectivity index (χ1) is 3.98. The van der Waals surface area contributed by atoms with Crippen molar-refractivity contribution >= 4 is 0 Å². The summed E-state index contributed by atoms with van der Waals surface area (Å²) in [5.41, 5.74) is 0. The van der Waals surface area contributed by atoms with Crippen LogP contribution in [-0.4, -0.2) is 6.18 Å². The summed E-state index contributed by atoms with van der Waals surface area (Å²) in [6.07, 6.45) is -3.44. The predicted octanol–water partition coefficient (Wildman–Crippen LogP) is 2.80. The van der Waals surface area contributed by atoms with Crippen molar-refractivity contribution in [2.75, 3.05) is 0 Å². The minimum absolute atomic E-state index is 0. The molecule has 0 aromatic rings. The molecule has 0 heterocycles. The van der Waals surface area contributed by atoms with Gasteiger partial charge in [0.05, 0.1) is 0 Å². The van der Waals surface area contributed by atoms with Gasteiger partial charge in [-0.3, -0.25) is 0 Å². The average Bonchev–Trinajstić information content (AvgIpc) is 1.64. The number of hydrogen-bond donors (Lipinski definition) is 0. The second-order valence-electron chi connectivity index (χ2n) is 2.03. The van der Waals surface area contributed by atoms with E-state index in [-0.39, 0.29) is 6.42 Å². The van der Waals surface area contributed by atoms with Gasteiger partial charge in [0, 0.05) is 0 Å². The Morgan fingerprint density at radius 1 is 1.40 bits per heavy atom. The van der Waals surface area contributed by atoms with E-state index in [2.05, 4.69) is 6.92 Å². The van der Waals surface area contributed by atoms with Gasteiger partial charge >= 0.3 is 6.18 Å². The van der Waals surface area contributed by atoms with Crippen LogP contribution in [0.5, 0.6) is 0 Å². The SMILES string of the molecule is [CH2-]C(CCC)C(F)(F)F.[Rf]. The molecule has 0 aliphatic heterocycles. The van der Waals surface area contributed by atoms with Crippen LogP contribution < -0.4 is 0 Å². The van der Waals surface area contributed by atoms with Gasteiger partial charge in [-0.25, -0.2) is 0 Å². The van der Waals surface area contributed by atoms with E-state index in [0.29, 0.717) is 6.42 Å². The van der Waals surface area contributed by atoms with Crippen molar-refractivity contribution in [1.82, 2.24) is 0 Å². The van der Waals surface area contributed by atoms with Crippen LogP contribution in [0.1, 0.15) is 19.8 Å². The van der Waals surface area contributed by atoms with Crippen molar-refractivity contribution in [3.8, 4) is 0 Å². The van der Waals surface area contributed by atoms with Gasteiger partial charge in [-0.05, 0) is 0 Å². The molecule has 58 valence electrons. The monoisotopic (exact) mass is 406 g/mol. The van der Waals surface area contributed by atoms with Crippen LogP contribution in [0.2, 0.25) is 0 Å². The van der Waals surface area contributed by atoms with Gasteiger partial charge < -0.3 is 6.92 Å². The van der Waals surface area contributed by atoms with Gasteiger partial charge in [-0.15, -0.1) is 0 Å². The first-order valence-electron chi connectivity index (χ1n) is 2.88. The molecule has 1 atom stereocenters.